The van der Waals surface area contributed by atoms with Gasteiger partial charge < -0.3 is 10.5 Å². The second-order valence-electron chi connectivity index (χ2n) is 2.85. The van der Waals surface area contributed by atoms with Crippen molar-refractivity contribution in [3.8, 4) is 0 Å². The predicted octanol–water partition coefficient (Wildman–Crippen LogP) is 0.928. The molecule has 2 N–H and O–H groups in total. The summed E-state index contributed by atoms with van der Waals surface area (Å²) in [7, 11) is 0. The minimum Gasteiger partial charge on any atom is -0.445 e. The fraction of sp³-hybridized carbons (Fsp3) is 0.222. The van der Waals surface area contributed by atoms with Crippen molar-refractivity contribution in [3.05, 3.63) is 30.3 Å². The molecule has 0 aliphatic carbocycles. The Labute approximate surface area is 75.9 Å². The number of carbonyl (C=O) groups excluding carboxylic acids is 1. The van der Waals surface area contributed by atoms with Crippen LogP contribution in [0.2, 0.25) is 0 Å². The van der Waals surface area contributed by atoms with E-state index in [1.165, 1.54) is 4.90 Å². The average Bonchev–Trinajstić information content (AvgIpc) is 2.48. The van der Waals surface area contributed by atoms with Crippen molar-refractivity contribution in [2.75, 3.05) is 11.5 Å². The molecule has 0 bridgehead atoms. The van der Waals surface area contributed by atoms with Crippen molar-refractivity contribution in [3.63, 3.8) is 0 Å². The van der Waals surface area contributed by atoms with Crippen molar-refractivity contribution < 1.29 is 9.53 Å². The summed E-state index contributed by atoms with van der Waals surface area (Å²) >= 11 is 0. The second kappa shape index (κ2) is 3.06. The molecule has 1 heterocycles. The van der Waals surface area contributed by atoms with Crippen LogP contribution in [-0.2, 0) is 4.74 Å². The van der Waals surface area contributed by atoms with Gasteiger partial charge in [0.2, 0.25) is 0 Å². The first kappa shape index (κ1) is 8.07. The lowest BCUT2D eigenvalue weighted by Gasteiger charge is -2.17. The molecule has 1 aromatic rings. The number of rotatable bonds is 1. The Morgan fingerprint density at radius 2 is 2.08 bits per heavy atom. The molecule has 4 heteroatoms. The van der Waals surface area contributed by atoms with E-state index in [1.54, 1.807) is 0 Å². The van der Waals surface area contributed by atoms with Crippen LogP contribution >= 0.6 is 0 Å². The number of amides is 1. The van der Waals surface area contributed by atoms with Gasteiger partial charge in [-0.3, -0.25) is 4.90 Å². The first-order valence-electron chi connectivity index (χ1n) is 4.05. The fourth-order valence-corrected chi connectivity index (χ4v) is 1.32. The van der Waals surface area contributed by atoms with E-state index in [0.29, 0.717) is 0 Å². The van der Waals surface area contributed by atoms with Crippen LogP contribution in [0.4, 0.5) is 10.5 Å². The molecule has 1 saturated heterocycles. The summed E-state index contributed by atoms with van der Waals surface area (Å²) in [6, 6.07) is 9.25. The predicted molar refractivity (Wildman–Crippen MR) is 48.2 cm³/mol. The summed E-state index contributed by atoms with van der Waals surface area (Å²) in [6.45, 7) is 0.258. The second-order valence-corrected chi connectivity index (χ2v) is 2.85. The third-order valence-electron chi connectivity index (χ3n) is 1.94. The van der Waals surface area contributed by atoms with E-state index < -0.39 is 0 Å². The number of hydrogen-bond donors (Lipinski definition) is 1. The Balaban J connectivity index is 2.30. The van der Waals surface area contributed by atoms with Crippen molar-refractivity contribution in [2.24, 2.45) is 5.73 Å². The summed E-state index contributed by atoms with van der Waals surface area (Å²) in [5, 5.41) is 0. The number of hydrogen-bond acceptors (Lipinski definition) is 3. The number of carbonyl (C=O) groups is 1. The summed E-state index contributed by atoms with van der Waals surface area (Å²) < 4.78 is 4.79. The summed E-state index contributed by atoms with van der Waals surface area (Å²) in [5.74, 6) is 0. The normalized spacial score (nSPS) is 21.8. The molecule has 4 nitrogen and oxygen atoms in total. The Kier molecular flexibility index (Phi) is 1.90. The minimum atomic E-state index is -0.376. The average molecular weight is 178 g/mol. The lowest BCUT2D eigenvalue weighted by molar-refractivity contribution is 0.179. The van der Waals surface area contributed by atoms with Crippen molar-refractivity contribution in [1.82, 2.24) is 0 Å². The van der Waals surface area contributed by atoms with E-state index in [9.17, 15) is 4.79 Å². The lowest BCUT2D eigenvalue weighted by Crippen LogP contribution is -2.40. The fourth-order valence-electron chi connectivity index (χ4n) is 1.32. The molecule has 68 valence electrons. The molecule has 1 amide bonds. The van der Waals surface area contributed by atoms with E-state index in [-0.39, 0.29) is 18.9 Å². The number of cyclic esters (lactones) is 1. The van der Waals surface area contributed by atoms with Gasteiger partial charge in [-0.1, -0.05) is 18.2 Å². The Hall–Kier alpha value is -1.55. The van der Waals surface area contributed by atoms with Crippen LogP contribution in [0.5, 0.6) is 0 Å². The largest absolute Gasteiger partial charge is 0.445 e. The van der Waals surface area contributed by atoms with Crippen molar-refractivity contribution >= 4 is 11.8 Å². The van der Waals surface area contributed by atoms with Crippen molar-refractivity contribution in [1.29, 1.82) is 0 Å². The van der Waals surface area contributed by atoms with Crippen LogP contribution in [0.25, 0.3) is 0 Å². The molecule has 0 saturated carbocycles. The molecule has 1 fully saturated rings. The van der Waals surface area contributed by atoms with Crippen LogP contribution in [-0.4, -0.2) is 18.9 Å². The maximum absolute atomic E-state index is 11.2. The van der Waals surface area contributed by atoms with Crippen LogP contribution in [0, 0.1) is 0 Å². The van der Waals surface area contributed by atoms with Gasteiger partial charge in [0.05, 0.1) is 0 Å². The van der Waals surface area contributed by atoms with Gasteiger partial charge in [-0.2, -0.15) is 0 Å². The van der Waals surface area contributed by atoms with Gasteiger partial charge in [0.15, 0.2) is 0 Å². The first-order valence-corrected chi connectivity index (χ1v) is 4.05. The number of benzene rings is 1. The van der Waals surface area contributed by atoms with Crippen LogP contribution in [0.1, 0.15) is 0 Å². The van der Waals surface area contributed by atoms with Crippen LogP contribution < -0.4 is 10.6 Å². The molecule has 0 radical (unpaired) electrons. The zero-order valence-electron chi connectivity index (χ0n) is 7.01. The topological polar surface area (TPSA) is 55.6 Å². The third-order valence-corrected chi connectivity index (χ3v) is 1.94. The Bertz CT molecular complexity index is 313. The maximum atomic E-state index is 11.2. The van der Waals surface area contributed by atoms with E-state index in [4.69, 9.17) is 10.5 Å². The Morgan fingerprint density at radius 1 is 1.38 bits per heavy atom. The van der Waals surface area contributed by atoms with E-state index in [1.807, 2.05) is 30.3 Å². The number of ether oxygens (including phenoxy) is 1. The highest BCUT2D eigenvalue weighted by molar-refractivity contribution is 5.89. The minimum absolute atomic E-state index is 0.258. The zero-order chi connectivity index (χ0) is 9.26. The van der Waals surface area contributed by atoms with E-state index in [0.717, 1.165) is 5.69 Å². The number of para-hydroxylation sites is 1. The molecular formula is C9H10N2O2. The van der Waals surface area contributed by atoms with Crippen LogP contribution in [0.15, 0.2) is 30.3 Å². The standard InChI is InChI=1S/C9H10N2O2/c10-8-6-13-9(12)11(8)7-4-2-1-3-5-7/h1-5,8H,6,10H2. The lowest BCUT2D eigenvalue weighted by atomic mass is 10.3. The zero-order valence-corrected chi connectivity index (χ0v) is 7.01. The van der Waals surface area contributed by atoms with Crippen molar-refractivity contribution in [2.45, 2.75) is 6.17 Å². The molecule has 1 unspecified atom stereocenters. The molecular weight excluding hydrogens is 168 g/mol. The molecule has 0 aromatic heterocycles. The van der Waals surface area contributed by atoms with E-state index in [2.05, 4.69) is 0 Å². The molecule has 1 aliphatic heterocycles. The quantitative estimate of drug-likeness (QED) is 0.695. The molecule has 2 rings (SSSR count). The smallest absolute Gasteiger partial charge is 0.415 e. The monoisotopic (exact) mass is 178 g/mol. The summed E-state index contributed by atoms with van der Waals surface area (Å²) in [6.07, 6.45) is -0.742. The number of anilines is 1. The van der Waals surface area contributed by atoms with Gasteiger partial charge in [0.1, 0.15) is 12.8 Å². The SMILES string of the molecule is NC1COC(=O)N1c1ccccc1. The molecule has 1 atom stereocenters. The molecule has 1 aromatic carbocycles. The molecule has 13 heavy (non-hydrogen) atoms. The molecule has 1 aliphatic rings. The molecule has 0 spiro atoms. The highest BCUT2D eigenvalue weighted by Crippen LogP contribution is 2.19. The highest BCUT2D eigenvalue weighted by atomic mass is 16.6. The van der Waals surface area contributed by atoms with Crippen LogP contribution in [0.3, 0.4) is 0 Å². The number of nitrogens with two attached hydrogens (primary N) is 1. The first-order chi connectivity index (χ1) is 6.29. The Morgan fingerprint density at radius 3 is 2.62 bits per heavy atom. The van der Waals surface area contributed by atoms with Gasteiger partial charge in [0, 0.05) is 5.69 Å². The summed E-state index contributed by atoms with van der Waals surface area (Å²) in [4.78, 5) is 12.7. The van der Waals surface area contributed by atoms with E-state index >= 15 is 0 Å². The van der Waals surface area contributed by atoms with Gasteiger partial charge in [-0.05, 0) is 12.1 Å². The van der Waals surface area contributed by atoms with Gasteiger partial charge >= 0.3 is 6.09 Å². The van der Waals surface area contributed by atoms with Gasteiger partial charge in [0.25, 0.3) is 0 Å². The summed E-state index contributed by atoms with van der Waals surface area (Å²) in [5.41, 5.74) is 6.46. The third kappa shape index (κ3) is 1.36. The number of nitrogens with zero attached hydrogens (tertiary/aromatic N) is 1. The maximum Gasteiger partial charge on any atom is 0.415 e. The highest BCUT2D eigenvalue weighted by Gasteiger charge is 2.30. The van der Waals surface area contributed by atoms with Gasteiger partial charge in [-0.15, -0.1) is 0 Å². The van der Waals surface area contributed by atoms with Gasteiger partial charge in [-0.25, -0.2) is 4.79 Å².